The molecule has 2 aliphatic rings. The molecule has 0 aromatic heterocycles. The van der Waals surface area contributed by atoms with Gasteiger partial charge in [-0.25, -0.2) is 8.42 Å². The van der Waals surface area contributed by atoms with Crippen molar-refractivity contribution >= 4 is 27.1 Å². The number of amides is 1. The van der Waals surface area contributed by atoms with E-state index in [0.717, 1.165) is 31.5 Å². The van der Waals surface area contributed by atoms with Crippen molar-refractivity contribution in [2.24, 2.45) is 5.92 Å². The number of carbonyl (C=O) groups is 1. The van der Waals surface area contributed by atoms with E-state index in [0.29, 0.717) is 22.9 Å². The predicted octanol–water partition coefficient (Wildman–Crippen LogP) is 3.82. The van der Waals surface area contributed by atoms with Gasteiger partial charge in [0.1, 0.15) is 0 Å². The van der Waals surface area contributed by atoms with Crippen LogP contribution in [-0.4, -0.2) is 32.3 Å². The molecule has 1 fully saturated rings. The molecule has 4 rings (SSSR count). The summed E-state index contributed by atoms with van der Waals surface area (Å²) in [5.74, 6) is 0.0311. The summed E-state index contributed by atoms with van der Waals surface area (Å²) in [5, 5.41) is 2.78. The van der Waals surface area contributed by atoms with E-state index in [2.05, 4.69) is 17.1 Å². The molecule has 0 bridgehead atoms. The molecule has 2 aromatic rings. The number of nitrogens with zero attached hydrogens (tertiary/aromatic N) is 1. The van der Waals surface area contributed by atoms with E-state index in [9.17, 15) is 13.2 Å². The number of carbonyl (C=O) groups excluding carboxylic acids is 1. The Kier molecular flexibility index (Phi) is 4.75. The standard InChI is InChI=1S/C22H24N2O3S/c1-15-7-9-17(10-8-15)23-22(25)21-20(24-13-11-16(2)12-14-24)18-5-3-4-6-19(18)28(21,26)27/h3-10,16H,11-14H2,1-2H3,(H,23,25). The molecule has 1 amide bonds. The molecule has 1 saturated heterocycles. The molecule has 6 heteroatoms. The molecule has 2 aliphatic heterocycles. The molecular formula is C22H24N2O3S. The zero-order chi connectivity index (χ0) is 19.9. The summed E-state index contributed by atoms with van der Waals surface area (Å²) in [7, 11) is -3.86. The number of likely N-dealkylation sites (tertiary alicyclic amines) is 1. The topological polar surface area (TPSA) is 66.5 Å². The fourth-order valence-electron chi connectivity index (χ4n) is 3.86. The maximum absolute atomic E-state index is 13.2. The van der Waals surface area contributed by atoms with Crippen LogP contribution in [-0.2, 0) is 14.6 Å². The Balaban J connectivity index is 1.78. The van der Waals surface area contributed by atoms with Gasteiger partial charge in [-0.3, -0.25) is 4.79 Å². The van der Waals surface area contributed by atoms with Gasteiger partial charge in [0.2, 0.25) is 9.84 Å². The summed E-state index contributed by atoms with van der Waals surface area (Å²) in [4.78, 5) is 15.3. The monoisotopic (exact) mass is 396 g/mol. The zero-order valence-electron chi connectivity index (χ0n) is 16.1. The molecule has 0 aliphatic carbocycles. The van der Waals surface area contributed by atoms with E-state index >= 15 is 0 Å². The number of anilines is 1. The Morgan fingerprint density at radius 1 is 1.04 bits per heavy atom. The molecule has 1 N–H and O–H groups in total. The van der Waals surface area contributed by atoms with Gasteiger partial charge in [-0.05, 0) is 43.9 Å². The second kappa shape index (κ2) is 7.09. The fourth-order valence-corrected chi connectivity index (χ4v) is 5.58. The molecule has 146 valence electrons. The van der Waals surface area contributed by atoms with Gasteiger partial charge in [0.05, 0.1) is 10.6 Å². The number of benzene rings is 2. The number of rotatable bonds is 3. The minimum atomic E-state index is -3.86. The number of fused-ring (bicyclic) bond motifs is 1. The first-order chi connectivity index (χ1) is 13.4. The largest absolute Gasteiger partial charge is 0.370 e. The van der Waals surface area contributed by atoms with Crippen LogP contribution in [0.2, 0.25) is 0 Å². The fraction of sp³-hybridized carbons (Fsp3) is 0.318. The van der Waals surface area contributed by atoms with Gasteiger partial charge >= 0.3 is 0 Å². The number of sulfone groups is 1. The van der Waals surface area contributed by atoms with Crippen LogP contribution in [0.5, 0.6) is 0 Å². The van der Waals surface area contributed by atoms with Gasteiger partial charge in [0.15, 0.2) is 4.91 Å². The number of aryl methyl sites for hydroxylation is 1. The first-order valence-electron chi connectivity index (χ1n) is 9.59. The highest BCUT2D eigenvalue weighted by Crippen LogP contribution is 2.42. The van der Waals surface area contributed by atoms with E-state index in [1.165, 1.54) is 0 Å². The molecular weight excluding hydrogens is 372 g/mol. The Morgan fingerprint density at radius 2 is 1.68 bits per heavy atom. The van der Waals surface area contributed by atoms with Crippen molar-refractivity contribution in [2.75, 3.05) is 18.4 Å². The van der Waals surface area contributed by atoms with Crippen LogP contribution >= 0.6 is 0 Å². The van der Waals surface area contributed by atoms with Crippen molar-refractivity contribution in [3.63, 3.8) is 0 Å². The van der Waals surface area contributed by atoms with Crippen molar-refractivity contribution < 1.29 is 13.2 Å². The van der Waals surface area contributed by atoms with Crippen LogP contribution in [0.3, 0.4) is 0 Å². The third-order valence-corrected chi connectivity index (χ3v) is 7.38. The molecule has 2 aromatic carbocycles. The van der Waals surface area contributed by atoms with Gasteiger partial charge in [0.25, 0.3) is 5.91 Å². The highest BCUT2D eigenvalue weighted by atomic mass is 32.2. The maximum Gasteiger partial charge on any atom is 0.269 e. The molecule has 0 spiro atoms. The lowest BCUT2D eigenvalue weighted by Gasteiger charge is -2.33. The number of nitrogens with one attached hydrogen (secondary N) is 1. The van der Waals surface area contributed by atoms with Gasteiger partial charge in [-0.15, -0.1) is 0 Å². The first kappa shape index (κ1) is 18.7. The van der Waals surface area contributed by atoms with Crippen LogP contribution in [0.4, 0.5) is 5.69 Å². The van der Waals surface area contributed by atoms with Gasteiger partial charge in [-0.1, -0.05) is 42.8 Å². The lowest BCUT2D eigenvalue weighted by atomic mass is 9.97. The van der Waals surface area contributed by atoms with Crippen LogP contribution < -0.4 is 5.32 Å². The third-order valence-electron chi connectivity index (χ3n) is 5.53. The number of piperidine rings is 1. The van der Waals surface area contributed by atoms with Crippen molar-refractivity contribution in [3.05, 3.63) is 64.6 Å². The number of hydrogen-bond acceptors (Lipinski definition) is 4. The van der Waals surface area contributed by atoms with E-state index in [1.807, 2.05) is 25.1 Å². The quantitative estimate of drug-likeness (QED) is 0.856. The average Bonchev–Trinajstić information content (AvgIpc) is 2.92. The summed E-state index contributed by atoms with van der Waals surface area (Å²) in [6.45, 7) is 5.67. The molecule has 2 heterocycles. The zero-order valence-corrected chi connectivity index (χ0v) is 16.9. The SMILES string of the molecule is Cc1ccc(NC(=O)C2=C(N3CCC(C)CC3)c3ccccc3S2(=O)=O)cc1. The highest BCUT2D eigenvalue weighted by Gasteiger charge is 2.42. The lowest BCUT2D eigenvalue weighted by molar-refractivity contribution is -0.112. The Labute approximate surface area is 166 Å². The van der Waals surface area contributed by atoms with E-state index < -0.39 is 15.7 Å². The van der Waals surface area contributed by atoms with E-state index in [-0.39, 0.29) is 9.80 Å². The van der Waals surface area contributed by atoms with Crippen molar-refractivity contribution in [1.29, 1.82) is 0 Å². The average molecular weight is 397 g/mol. The van der Waals surface area contributed by atoms with Crippen LogP contribution in [0.25, 0.3) is 5.70 Å². The van der Waals surface area contributed by atoms with Crippen molar-refractivity contribution in [2.45, 2.75) is 31.6 Å². The van der Waals surface area contributed by atoms with E-state index in [1.54, 1.807) is 30.3 Å². The summed E-state index contributed by atoms with van der Waals surface area (Å²) in [5.41, 5.74) is 2.83. The second-order valence-electron chi connectivity index (χ2n) is 7.67. The second-order valence-corrected chi connectivity index (χ2v) is 9.52. The first-order valence-corrected chi connectivity index (χ1v) is 11.1. The van der Waals surface area contributed by atoms with Crippen LogP contribution in [0.15, 0.2) is 58.3 Å². The molecule has 0 saturated carbocycles. The highest BCUT2D eigenvalue weighted by molar-refractivity contribution is 7.97. The summed E-state index contributed by atoms with van der Waals surface area (Å²) in [6.07, 6.45) is 1.97. The summed E-state index contributed by atoms with van der Waals surface area (Å²) in [6, 6.07) is 14.2. The molecule has 0 unspecified atom stereocenters. The maximum atomic E-state index is 13.2. The molecule has 0 radical (unpaired) electrons. The van der Waals surface area contributed by atoms with Crippen LogP contribution in [0, 0.1) is 12.8 Å². The van der Waals surface area contributed by atoms with Gasteiger partial charge < -0.3 is 10.2 Å². The van der Waals surface area contributed by atoms with Gasteiger partial charge in [-0.2, -0.15) is 0 Å². The van der Waals surface area contributed by atoms with Crippen molar-refractivity contribution in [1.82, 2.24) is 4.90 Å². The number of hydrogen-bond donors (Lipinski definition) is 1. The lowest BCUT2D eigenvalue weighted by Crippen LogP contribution is -2.33. The Bertz CT molecular complexity index is 1050. The third kappa shape index (κ3) is 3.22. The summed E-state index contributed by atoms with van der Waals surface area (Å²) >= 11 is 0. The summed E-state index contributed by atoms with van der Waals surface area (Å²) < 4.78 is 26.5. The Morgan fingerprint density at radius 3 is 2.36 bits per heavy atom. The molecule has 0 atom stereocenters. The van der Waals surface area contributed by atoms with Crippen molar-refractivity contribution in [3.8, 4) is 0 Å². The predicted molar refractivity (Wildman–Crippen MR) is 110 cm³/mol. The minimum absolute atomic E-state index is 0.135. The normalized spacial score (nSPS) is 18.9. The smallest absolute Gasteiger partial charge is 0.269 e. The van der Waals surface area contributed by atoms with Gasteiger partial charge in [0, 0.05) is 24.3 Å². The molecule has 5 nitrogen and oxygen atoms in total. The van der Waals surface area contributed by atoms with E-state index in [4.69, 9.17) is 0 Å². The van der Waals surface area contributed by atoms with Crippen LogP contribution in [0.1, 0.15) is 30.9 Å². The molecule has 28 heavy (non-hydrogen) atoms. The minimum Gasteiger partial charge on any atom is -0.370 e. The Hall–Kier alpha value is -2.60.